The topological polar surface area (TPSA) is 29.3 Å². The Balaban J connectivity index is 1.95. The van der Waals surface area contributed by atoms with Gasteiger partial charge in [-0.15, -0.1) is 0 Å². The highest BCUT2D eigenvalue weighted by molar-refractivity contribution is 9.10. The third-order valence-electron chi connectivity index (χ3n) is 4.80. The number of rotatable bonds is 2. The first kappa shape index (κ1) is 13.4. The maximum absolute atomic E-state index is 6.16. The molecule has 1 aliphatic carbocycles. The largest absolute Gasteiger partial charge is 0.368 e. The van der Waals surface area contributed by atoms with E-state index in [0.29, 0.717) is 0 Å². The van der Waals surface area contributed by atoms with Crippen LogP contribution in [-0.2, 0) is 0 Å². The van der Waals surface area contributed by atoms with Crippen LogP contribution >= 0.6 is 15.9 Å². The smallest absolute Gasteiger partial charge is 0.0428 e. The van der Waals surface area contributed by atoms with Crippen LogP contribution in [0.4, 0.5) is 5.69 Å². The predicted molar refractivity (Wildman–Crippen MR) is 84.5 cm³/mol. The molecule has 3 atom stereocenters. The summed E-state index contributed by atoms with van der Waals surface area (Å²) in [6, 6.07) is 7.40. The molecule has 104 valence electrons. The molecule has 2 nitrogen and oxygen atoms in total. The summed E-state index contributed by atoms with van der Waals surface area (Å²) >= 11 is 3.61. The average Bonchev–Trinajstić information content (AvgIpc) is 2.82. The van der Waals surface area contributed by atoms with E-state index in [0.717, 1.165) is 16.4 Å². The van der Waals surface area contributed by atoms with Crippen LogP contribution in [0.15, 0.2) is 22.7 Å². The van der Waals surface area contributed by atoms with Crippen molar-refractivity contribution in [3.8, 4) is 0 Å². The highest BCUT2D eigenvalue weighted by Gasteiger charge is 2.36. The van der Waals surface area contributed by atoms with Gasteiger partial charge in [-0.3, -0.25) is 0 Å². The monoisotopic (exact) mass is 322 g/mol. The van der Waals surface area contributed by atoms with E-state index in [1.807, 2.05) is 0 Å². The molecule has 3 unspecified atom stereocenters. The van der Waals surface area contributed by atoms with Gasteiger partial charge in [-0.1, -0.05) is 34.8 Å². The zero-order valence-corrected chi connectivity index (χ0v) is 13.2. The molecule has 1 saturated heterocycles. The number of anilines is 1. The molecule has 3 heteroatoms. The molecule has 1 aromatic rings. The maximum atomic E-state index is 6.16. The minimum atomic E-state index is 0.103. The summed E-state index contributed by atoms with van der Waals surface area (Å²) in [6.07, 6.45) is 6.95. The molecule has 1 saturated carbocycles. The van der Waals surface area contributed by atoms with Crippen molar-refractivity contribution in [3.63, 3.8) is 0 Å². The molecule has 0 radical (unpaired) electrons. The summed E-state index contributed by atoms with van der Waals surface area (Å²) in [5.41, 5.74) is 8.80. The van der Waals surface area contributed by atoms with Crippen molar-refractivity contribution in [1.29, 1.82) is 0 Å². The van der Waals surface area contributed by atoms with E-state index < -0.39 is 0 Å². The Hall–Kier alpha value is -0.540. The quantitative estimate of drug-likeness (QED) is 0.882. The van der Waals surface area contributed by atoms with Gasteiger partial charge in [0.2, 0.25) is 0 Å². The molecule has 0 spiro atoms. The van der Waals surface area contributed by atoms with E-state index in [4.69, 9.17) is 5.73 Å². The second-order valence-corrected chi connectivity index (χ2v) is 7.00. The molecule has 2 aliphatic rings. The van der Waals surface area contributed by atoms with Crippen molar-refractivity contribution in [2.45, 2.75) is 51.1 Å². The van der Waals surface area contributed by atoms with Crippen LogP contribution in [0.2, 0.25) is 0 Å². The minimum Gasteiger partial charge on any atom is -0.368 e. The highest BCUT2D eigenvalue weighted by Crippen LogP contribution is 2.41. The van der Waals surface area contributed by atoms with Gasteiger partial charge in [0.25, 0.3) is 0 Å². The number of halogens is 1. The summed E-state index contributed by atoms with van der Waals surface area (Å²) in [6.45, 7) is 3.28. The Morgan fingerprint density at radius 2 is 2.05 bits per heavy atom. The summed E-state index contributed by atoms with van der Waals surface area (Å²) in [5.74, 6) is 0.911. The van der Waals surface area contributed by atoms with Gasteiger partial charge in [0.05, 0.1) is 0 Å². The summed E-state index contributed by atoms with van der Waals surface area (Å²) in [7, 11) is 0. The van der Waals surface area contributed by atoms with Crippen LogP contribution in [0.3, 0.4) is 0 Å². The second-order valence-electron chi connectivity index (χ2n) is 6.09. The van der Waals surface area contributed by atoms with Crippen molar-refractivity contribution in [2.24, 2.45) is 11.7 Å². The first-order valence-corrected chi connectivity index (χ1v) is 8.28. The molecule has 1 aromatic carbocycles. The van der Waals surface area contributed by atoms with Crippen molar-refractivity contribution in [3.05, 3.63) is 28.2 Å². The first-order valence-electron chi connectivity index (χ1n) is 7.48. The predicted octanol–water partition coefficient (Wildman–Crippen LogP) is 4.24. The maximum Gasteiger partial charge on any atom is 0.0428 e. The molecular formula is C16H23BrN2. The van der Waals surface area contributed by atoms with Crippen molar-refractivity contribution < 1.29 is 0 Å². The minimum absolute atomic E-state index is 0.103. The van der Waals surface area contributed by atoms with Gasteiger partial charge in [0.1, 0.15) is 0 Å². The third kappa shape index (κ3) is 2.55. The van der Waals surface area contributed by atoms with Gasteiger partial charge in [-0.2, -0.15) is 0 Å². The zero-order valence-electron chi connectivity index (χ0n) is 11.6. The average molecular weight is 323 g/mol. The van der Waals surface area contributed by atoms with E-state index in [2.05, 4.69) is 46.0 Å². The van der Waals surface area contributed by atoms with Gasteiger partial charge >= 0.3 is 0 Å². The molecule has 2 fully saturated rings. The van der Waals surface area contributed by atoms with Gasteiger partial charge in [-0.05, 0) is 49.8 Å². The fourth-order valence-corrected chi connectivity index (χ4v) is 4.20. The lowest BCUT2D eigenvalue weighted by molar-refractivity contribution is 0.342. The Kier molecular flexibility index (Phi) is 3.86. The third-order valence-corrected chi connectivity index (χ3v) is 5.30. The normalized spacial score (nSPS) is 28.3. The lowest BCUT2D eigenvalue weighted by atomic mass is 9.85. The molecule has 0 bridgehead atoms. The van der Waals surface area contributed by atoms with E-state index >= 15 is 0 Å². The van der Waals surface area contributed by atoms with Crippen LogP contribution in [-0.4, -0.2) is 12.6 Å². The van der Waals surface area contributed by atoms with Crippen molar-refractivity contribution in [1.82, 2.24) is 0 Å². The van der Waals surface area contributed by atoms with Gasteiger partial charge in [0, 0.05) is 28.8 Å². The Morgan fingerprint density at radius 1 is 1.26 bits per heavy atom. The van der Waals surface area contributed by atoms with E-state index in [-0.39, 0.29) is 6.04 Å². The van der Waals surface area contributed by atoms with Crippen molar-refractivity contribution in [2.75, 3.05) is 11.4 Å². The first-order chi connectivity index (χ1) is 9.16. The number of nitrogens with two attached hydrogens (primary N) is 1. The zero-order chi connectivity index (χ0) is 13.4. The molecular weight excluding hydrogens is 300 g/mol. The van der Waals surface area contributed by atoms with Gasteiger partial charge < -0.3 is 10.6 Å². The molecule has 0 aromatic heterocycles. The van der Waals surface area contributed by atoms with E-state index in [9.17, 15) is 0 Å². The Labute approximate surface area is 124 Å². The van der Waals surface area contributed by atoms with Crippen LogP contribution in [0.5, 0.6) is 0 Å². The summed E-state index contributed by atoms with van der Waals surface area (Å²) in [5, 5.41) is 0. The highest BCUT2D eigenvalue weighted by atomic mass is 79.9. The molecule has 19 heavy (non-hydrogen) atoms. The fourth-order valence-electron chi connectivity index (χ4n) is 3.86. The molecule has 1 aliphatic heterocycles. The molecule has 3 rings (SSSR count). The van der Waals surface area contributed by atoms with E-state index in [1.54, 1.807) is 0 Å². The second kappa shape index (κ2) is 5.45. The lowest BCUT2D eigenvalue weighted by Gasteiger charge is -2.35. The summed E-state index contributed by atoms with van der Waals surface area (Å²) < 4.78 is 1.16. The van der Waals surface area contributed by atoms with Crippen LogP contribution in [0.1, 0.15) is 50.6 Å². The summed E-state index contributed by atoms with van der Waals surface area (Å²) in [4.78, 5) is 2.63. The number of fused-ring (bicyclic) bond motifs is 1. The molecule has 0 amide bonds. The Bertz CT molecular complexity index is 458. The molecule has 1 heterocycles. The number of nitrogens with zero attached hydrogens (tertiary/aromatic N) is 1. The van der Waals surface area contributed by atoms with Gasteiger partial charge in [-0.25, -0.2) is 0 Å². The lowest BCUT2D eigenvalue weighted by Crippen LogP contribution is -2.35. The number of benzene rings is 1. The fraction of sp³-hybridized carbons (Fsp3) is 0.625. The van der Waals surface area contributed by atoms with Gasteiger partial charge in [0.15, 0.2) is 0 Å². The number of hydrogen-bond acceptors (Lipinski definition) is 2. The van der Waals surface area contributed by atoms with E-state index in [1.165, 1.54) is 49.9 Å². The SMILES string of the molecule is CC(N)c1ccc(Br)cc1N1CCC2CCCCC21. The van der Waals surface area contributed by atoms with Crippen LogP contribution in [0, 0.1) is 5.92 Å². The standard InChI is InChI=1S/C16H23BrN2/c1-11(18)14-7-6-13(17)10-16(14)19-9-8-12-4-2-3-5-15(12)19/h6-7,10-12,15H,2-5,8-9,18H2,1H3. The van der Waals surface area contributed by atoms with Crippen LogP contribution in [0.25, 0.3) is 0 Å². The van der Waals surface area contributed by atoms with Crippen molar-refractivity contribution >= 4 is 21.6 Å². The van der Waals surface area contributed by atoms with Crippen LogP contribution < -0.4 is 10.6 Å². The Morgan fingerprint density at radius 3 is 2.84 bits per heavy atom. The molecule has 2 N–H and O–H groups in total. The number of hydrogen-bond donors (Lipinski definition) is 1.